The van der Waals surface area contributed by atoms with Crippen molar-refractivity contribution in [3.05, 3.63) is 65.7 Å². The average molecular weight is 254 g/mol. The first-order chi connectivity index (χ1) is 9.26. The fraction of sp³-hybridized carbons (Fsp3) is 0.333. The van der Waals surface area contributed by atoms with Gasteiger partial charge in [-0.1, -0.05) is 56.3 Å². The van der Waals surface area contributed by atoms with Crippen LogP contribution in [-0.4, -0.2) is 5.11 Å². The van der Waals surface area contributed by atoms with Crippen molar-refractivity contribution in [1.29, 1.82) is 0 Å². The van der Waals surface area contributed by atoms with Crippen molar-refractivity contribution in [1.82, 2.24) is 0 Å². The van der Waals surface area contributed by atoms with Gasteiger partial charge in [0.1, 0.15) is 5.75 Å². The van der Waals surface area contributed by atoms with Crippen LogP contribution < -0.4 is 0 Å². The van der Waals surface area contributed by atoms with Gasteiger partial charge in [-0.25, -0.2) is 0 Å². The standard InChI is InChI=1S/C18H22O/c1-3-17(14-8-6-5-7-9-14)18(4-2)15-10-12-16(19)13-11-15/h5-13,17-19H,3-4H2,1-2H3/t17-,18-/m1/s1. The van der Waals surface area contributed by atoms with Crippen LogP contribution in [0.3, 0.4) is 0 Å². The fourth-order valence-corrected chi connectivity index (χ4v) is 2.93. The van der Waals surface area contributed by atoms with Crippen LogP contribution in [-0.2, 0) is 0 Å². The van der Waals surface area contributed by atoms with E-state index in [2.05, 4.69) is 56.3 Å². The van der Waals surface area contributed by atoms with E-state index >= 15 is 0 Å². The maximum Gasteiger partial charge on any atom is 0.115 e. The molecule has 0 bridgehead atoms. The Morgan fingerprint density at radius 3 is 1.68 bits per heavy atom. The minimum Gasteiger partial charge on any atom is -0.508 e. The Hall–Kier alpha value is -1.76. The van der Waals surface area contributed by atoms with Crippen LogP contribution >= 0.6 is 0 Å². The summed E-state index contributed by atoms with van der Waals surface area (Å²) in [5.74, 6) is 1.38. The summed E-state index contributed by atoms with van der Waals surface area (Å²) < 4.78 is 0. The molecule has 1 nitrogen and oxygen atoms in total. The van der Waals surface area contributed by atoms with Gasteiger partial charge in [0.15, 0.2) is 0 Å². The first kappa shape index (κ1) is 13.7. The molecule has 0 unspecified atom stereocenters. The monoisotopic (exact) mass is 254 g/mol. The predicted molar refractivity (Wildman–Crippen MR) is 80.6 cm³/mol. The molecule has 2 aromatic carbocycles. The van der Waals surface area contributed by atoms with E-state index in [1.54, 1.807) is 12.1 Å². The van der Waals surface area contributed by atoms with Crippen LogP contribution in [0.5, 0.6) is 5.75 Å². The lowest BCUT2D eigenvalue weighted by atomic mass is 9.78. The Morgan fingerprint density at radius 2 is 1.21 bits per heavy atom. The lowest BCUT2D eigenvalue weighted by Crippen LogP contribution is -2.10. The maximum atomic E-state index is 9.42. The largest absolute Gasteiger partial charge is 0.508 e. The number of phenols is 1. The zero-order valence-corrected chi connectivity index (χ0v) is 11.7. The van der Waals surface area contributed by atoms with E-state index < -0.39 is 0 Å². The second-order valence-electron chi connectivity index (χ2n) is 5.03. The Labute approximate surface area is 115 Å². The van der Waals surface area contributed by atoms with E-state index in [1.807, 2.05) is 0 Å². The molecule has 2 atom stereocenters. The number of hydrogen-bond donors (Lipinski definition) is 1. The normalized spacial score (nSPS) is 14.0. The van der Waals surface area contributed by atoms with Crippen LogP contribution in [0.1, 0.15) is 49.7 Å². The van der Waals surface area contributed by atoms with Crippen molar-refractivity contribution in [2.75, 3.05) is 0 Å². The molecule has 100 valence electrons. The van der Waals surface area contributed by atoms with Crippen molar-refractivity contribution in [2.45, 2.75) is 38.5 Å². The number of benzene rings is 2. The minimum absolute atomic E-state index is 0.339. The van der Waals surface area contributed by atoms with Crippen LogP contribution in [0.25, 0.3) is 0 Å². The SMILES string of the molecule is CC[C@H](c1ccccc1)[C@H](CC)c1ccc(O)cc1. The van der Waals surface area contributed by atoms with E-state index in [-0.39, 0.29) is 0 Å². The predicted octanol–water partition coefficient (Wildman–Crippen LogP) is 5.08. The molecule has 0 radical (unpaired) electrons. The second kappa shape index (κ2) is 6.42. The molecule has 0 aliphatic heterocycles. The smallest absolute Gasteiger partial charge is 0.115 e. The molecule has 1 N–H and O–H groups in total. The summed E-state index contributed by atoms with van der Waals surface area (Å²) in [7, 11) is 0. The summed E-state index contributed by atoms with van der Waals surface area (Å²) >= 11 is 0. The lowest BCUT2D eigenvalue weighted by molar-refractivity contribution is 0.473. The number of aromatic hydroxyl groups is 1. The van der Waals surface area contributed by atoms with Crippen molar-refractivity contribution in [3.63, 3.8) is 0 Å². The summed E-state index contributed by atoms with van der Waals surface area (Å²) in [6.45, 7) is 4.49. The van der Waals surface area contributed by atoms with Crippen molar-refractivity contribution >= 4 is 0 Å². The van der Waals surface area contributed by atoms with Crippen LogP contribution in [0.4, 0.5) is 0 Å². The molecule has 0 spiro atoms. The molecule has 1 heteroatoms. The molecule has 0 amide bonds. The Bertz CT molecular complexity index is 487. The first-order valence-corrected chi connectivity index (χ1v) is 7.10. The van der Waals surface area contributed by atoms with Crippen molar-refractivity contribution < 1.29 is 5.11 Å². The van der Waals surface area contributed by atoms with Gasteiger partial charge in [0.2, 0.25) is 0 Å². The van der Waals surface area contributed by atoms with Gasteiger partial charge < -0.3 is 5.11 Å². The third-order valence-electron chi connectivity index (χ3n) is 3.91. The maximum absolute atomic E-state index is 9.42. The quantitative estimate of drug-likeness (QED) is 0.789. The zero-order chi connectivity index (χ0) is 13.7. The molecule has 0 heterocycles. The van der Waals surface area contributed by atoms with Crippen LogP contribution in [0, 0.1) is 0 Å². The number of rotatable bonds is 5. The summed E-state index contributed by atoms with van der Waals surface area (Å²) in [5, 5.41) is 9.42. The Balaban J connectivity index is 2.31. The van der Waals surface area contributed by atoms with Gasteiger partial charge in [0, 0.05) is 0 Å². The molecule has 0 saturated carbocycles. The average Bonchev–Trinajstić information content (AvgIpc) is 2.47. The topological polar surface area (TPSA) is 20.2 Å². The molecular weight excluding hydrogens is 232 g/mol. The lowest BCUT2D eigenvalue weighted by Gasteiger charge is -2.26. The van der Waals surface area contributed by atoms with Crippen molar-refractivity contribution in [2.24, 2.45) is 0 Å². The molecular formula is C18H22O. The highest BCUT2D eigenvalue weighted by Gasteiger charge is 2.21. The third-order valence-corrected chi connectivity index (χ3v) is 3.91. The molecule has 2 rings (SSSR count). The molecule has 0 fully saturated rings. The second-order valence-corrected chi connectivity index (χ2v) is 5.03. The summed E-state index contributed by atoms with van der Waals surface area (Å²) in [6.07, 6.45) is 2.24. The van der Waals surface area contributed by atoms with Gasteiger partial charge in [0.25, 0.3) is 0 Å². The highest BCUT2D eigenvalue weighted by Crippen LogP contribution is 2.38. The summed E-state index contributed by atoms with van der Waals surface area (Å²) in [6, 6.07) is 18.4. The molecule has 0 aromatic heterocycles. The molecule has 2 aromatic rings. The van der Waals surface area contributed by atoms with Gasteiger partial charge in [-0.2, -0.15) is 0 Å². The van der Waals surface area contributed by atoms with Gasteiger partial charge in [-0.3, -0.25) is 0 Å². The van der Waals surface area contributed by atoms with Gasteiger partial charge in [-0.15, -0.1) is 0 Å². The molecule has 19 heavy (non-hydrogen) atoms. The van der Waals surface area contributed by atoms with E-state index in [1.165, 1.54) is 11.1 Å². The first-order valence-electron chi connectivity index (χ1n) is 7.10. The molecule has 0 saturated heterocycles. The van der Waals surface area contributed by atoms with E-state index in [0.29, 0.717) is 17.6 Å². The van der Waals surface area contributed by atoms with Crippen LogP contribution in [0.15, 0.2) is 54.6 Å². The van der Waals surface area contributed by atoms with E-state index in [4.69, 9.17) is 0 Å². The summed E-state index contributed by atoms with van der Waals surface area (Å²) in [4.78, 5) is 0. The highest BCUT2D eigenvalue weighted by atomic mass is 16.3. The molecule has 0 aliphatic carbocycles. The molecule has 0 aliphatic rings. The van der Waals surface area contributed by atoms with Crippen molar-refractivity contribution in [3.8, 4) is 5.75 Å². The number of hydrogen-bond acceptors (Lipinski definition) is 1. The van der Waals surface area contributed by atoms with Gasteiger partial charge in [-0.05, 0) is 47.9 Å². The third kappa shape index (κ3) is 3.17. The zero-order valence-electron chi connectivity index (χ0n) is 11.7. The summed E-state index contributed by atoms with van der Waals surface area (Å²) in [5.41, 5.74) is 2.72. The Morgan fingerprint density at radius 1 is 0.737 bits per heavy atom. The fourth-order valence-electron chi connectivity index (χ4n) is 2.93. The minimum atomic E-state index is 0.339. The Kier molecular flexibility index (Phi) is 4.62. The van der Waals surface area contributed by atoms with E-state index in [0.717, 1.165) is 12.8 Å². The number of phenolic OH excluding ortho intramolecular Hbond substituents is 1. The van der Waals surface area contributed by atoms with Gasteiger partial charge in [0.05, 0.1) is 0 Å². The highest BCUT2D eigenvalue weighted by molar-refractivity contribution is 5.32. The van der Waals surface area contributed by atoms with Gasteiger partial charge >= 0.3 is 0 Å². The van der Waals surface area contributed by atoms with E-state index in [9.17, 15) is 5.11 Å². The van der Waals surface area contributed by atoms with Crippen LogP contribution in [0.2, 0.25) is 0 Å².